The molecule has 0 saturated carbocycles. The molecule has 0 fully saturated rings. The van der Waals surface area contributed by atoms with Gasteiger partial charge in [0.25, 0.3) is 5.69 Å². The minimum Gasteiger partial charge on any atom is -0.337 e. The van der Waals surface area contributed by atoms with E-state index in [9.17, 15) is 14.9 Å². The van der Waals surface area contributed by atoms with E-state index in [4.69, 9.17) is 0 Å². The number of nitrogens with zero attached hydrogens (tertiary/aromatic N) is 4. The maximum atomic E-state index is 12.2. The van der Waals surface area contributed by atoms with Gasteiger partial charge in [0.1, 0.15) is 5.82 Å². The number of nitro benzene ring substituents is 1. The molecule has 7 nitrogen and oxygen atoms in total. The van der Waals surface area contributed by atoms with Crippen molar-refractivity contribution in [2.75, 3.05) is 13.6 Å². The van der Waals surface area contributed by atoms with Crippen molar-refractivity contribution in [3.63, 3.8) is 0 Å². The van der Waals surface area contributed by atoms with Crippen molar-refractivity contribution in [3.8, 4) is 0 Å². The summed E-state index contributed by atoms with van der Waals surface area (Å²) in [7, 11) is 3.70. The van der Waals surface area contributed by atoms with E-state index in [0.29, 0.717) is 12.1 Å². The van der Waals surface area contributed by atoms with E-state index in [1.165, 1.54) is 18.2 Å². The van der Waals surface area contributed by atoms with E-state index in [-0.39, 0.29) is 18.0 Å². The molecule has 1 heterocycles. The molecular weight excluding hydrogens is 272 g/mol. The molecular formula is C14H16N4O3. The summed E-state index contributed by atoms with van der Waals surface area (Å²) in [5.41, 5.74) is 0.267. The van der Waals surface area contributed by atoms with Gasteiger partial charge in [-0.3, -0.25) is 19.8 Å². The van der Waals surface area contributed by atoms with Crippen LogP contribution < -0.4 is 0 Å². The third kappa shape index (κ3) is 3.73. The van der Waals surface area contributed by atoms with Crippen LogP contribution in [-0.4, -0.2) is 38.7 Å². The monoisotopic (exact) mass is 288 g/mol. The van der Waals surface area contributed by atoms with Crippen molar-refractivity contribution < 1.29 is 9.72 Å². The zero-order chi connectivity index (χ0) is 15.4. The van der Waals surface area contributed by atoms with Gasteiger partial charge in [0.2, 0.25) is 0 Å². The molecule has 0 aliphatic rings. The first-order chi connectivity index (χ1) is 9.97. The number of non-ortho nitro benzene ring substituents is 1. The average Bonchev–Trinajstić information content (AvgIpc) is 2.84. The van der Waals surface area contributed by atoms with Gasteiger partial charge in [0, 0.05) is 37.1 Å². The van der Waals surface area contributed by atoms with Gasteiger partial charge in [-0.1, -0.05) is 12.1 Å². The first-order valence-corrected chi connectivity index (χ1v) is 6.40. The Morgan fingerprint density at radius 1 is 1.48 bits per heavy atom. The summed E-state index contributed by atoms with van der Waals surface area (Å²) in [4.78, 5) is 28.4. The van der Waals surface area contributed by atoms with Gasteiger partial charge in [-0.05, 0) is 7.05 Å². The van der Waals surface area contributed by atoms with E-state index in [1.54, 1.807) is 12.3 Å². The molecule has 110 valence electrons. The fourth-order valence-corrected chi connectivity index (χ4v) is 1.98. The van der Waals surface area contributed by atoms with Crippen molar-refractivity contribution in [2.24, 2.45) is 7.05 Å². The smallest absolute Gasteiger partial charge is 0.270 e. The number of hydrogen-bond acceptors (Lipinski definition) is 5. The lowest BCUT2D eigenvalue weighted by atomic mass is 10.1. The van der Waals surface area contributed by atoms with Crippen LogP contribution in [0.3, 0.4) is 0 Å². The summed E-state index contributed by atoms with van der Waals surface area (Å²) < 4.78 is 1.88. The topological polar surface area (TPSA) is 81.3 Å². The fourth-order valence-electron chi connectivity index (χ4n) is 1.98. The van der Waals surface area contributed by atoms with Gasteiger partial charge in [0.05, 0.1) is 18.0 Å². The quantitative estimate of drug-likeness (QED) is 0.458. The Labute approximate surface area is 122 Å². The summed E-state index contributed by atoms with van der Waals surface area (Å²) >= 11 is 0. The number of benzene rings is 1. The van der Waals surface area contributed by atoms with Gasteiger partial charge in [0.15, 0.2) is 5.78 Å². The standard InChI is InChI=1S/C14H16N4O3/c1-16(10-14-15-6-7-17(14)2)9-13(19)11-4-3-5-12(8-11)18(20)21/h3-8H,9-10H2,1-2H3. The first-order valence-electron chi connectivity index (χ1n) is 6.40. The number of aromatic nitrogens is 2. The molecule has 1 aromatic heterocycles. The molecule has 0 atom stereocenters. The number of imidazole rings is 1. The molecule has 1 aromatic carbocycles. The molecule has 0 bridgehead atoms. The summed E-state index contributed by atoms with van der Waals surface area (Å²) in [5, 5.41) is 10.7. The van der Waals surface area contributed by atoms with E-state index in [1.807, 2.05) is 29.8 Å². The molecule has 2 rings (SSSR count). The summed E-state index contributed by atoms with van der Waals surface area (Å²) in [6, 6.07) is 5.78. The summed E-state index contributed by atoms with van der Waals surface area (Å²) in [5.74, 6) is 0.694. The van der Waals surface area contributed by atoms with Gasteiger partial charge in [-0.2, -0.15) is 0 Å². The van der Waals surface area contributed by atoms with Gasteiger partial charge in [-0.15, -0.1) is 0 Å². The van der Waals surface area contributed by atoms with E-state index in [0.717, 1.165) is 5.82 Å². The number of carbonyl (C=O) groups is 1. The van der Waals surface area contributed by atoms with Gasteiger partial charge in [-0.25, -0.2) is 4.98 Å². The van der Waals surface area contributed by atoms with Crippen LogP contribution in [0.25, 0.3) is 0 Å². The SMILES string of the molecule is CN(CC(=O)c1cccc([N+](=O)[O-])c1)Cc1nccn1C. The Bertz CT molecular complexity index is 666. The van der Waals surface area contributed by atoms with Crippen molar-refractivity contribution in [1.82, 2.24) is 14.5 Å². The van der Waals surface area contributed by atoms with E-state index < -0.39 is 4.92 Å². The number of carbonyl (C=O) groups excluding carboxylic acids is 1. The Morgan fingerprint density at radius 3 is 2.86 bits per heavy atom. The summed E-state index contributed by atoms with van der Waals surface area (Å²) in [6.45, 7) is 0.707. The highest BCUT2D eigenvalue weighted by molar-refractivity contribution is 5.98. The highest BCUT2D eigenvalue weighted by atomic mass is 16.6. The summed E-state index contributed by atoms with van der Waals surface area (Å²) in [6.07, 6.45) is 3.54. The minimum absolute atomic E-state index is 0.0763. The Kier molecular flexibility index (Phi) is 4.44. The molecule has 0 saturated heterocycles. The van der Waals surface area contributed by atoms with Crippen LogP contribution >= 0.6 is 0 Å². The Hall–Kier alpha value is -2.54. The molecule has 0 N–H and O–H groups in total. The van der Waals surface area contributed by atoms with Crippen LogP contribution in [0.15, 0.2) is 36.7 Å². The Balaban J connectivity index is 2.02. The minimum atomic E-state index is -0.506. The van der Waals surface area contributed by atoms with Crippen molar-refractivity contribution in [1.29, 1.82) is 0 Å². The second kappa shape index (κ2) is 6.27. The lowest BCUT2D eigenvalue weighted by molar-refractivity contribution is -0.384. The molecule has 21 heavy (non-hydrogen) atoms. The maximum absolute atomic E-state index is 12.2. The van der Waals surface area contributed by atoms with Crippen LogP contribution in [0.5, 0.6) is 0 Å². The number of hydrogen-bond donors (Lipinski definition) is 0. The van der Waals surface area contributed by atoms with Crippen LogP contribution in [0, 0.1) is 10.1 Å². The number of likely N-dealkylation sites (N-methyl/N-ethyl adjacent to an activating group) is 1. The van der Waals surface area contributed by atoms with Crippen LogP contribution in [0.2, 0.25) is 0 Å². The molecule has 7 heteroatoms. The van der Waals surface area contributed by atoms with Crippen molar-refractivity contribution in [3.05, 3.63) is 58.2 Å². The largest absolute Gasteiger partial charge is 0.337 e. The first kappa shape index (κ1) is 14.9. The van der Waals surface area contributed by atoms with E-state index >= 15 is 0 Å². The predicted octanol–water partition coefficient (Wildman–Crippen LogP) is 1.64. The Morgan fingerprint density at radius 2 is 2.24 bits per heavy atom. The van der Waals surface area contributed by atoms with Crippen molar-refractivity contribution in [2.45, 2.75) is 6.54 Å². The molecule has 0 spiro atoms. The molecule has 2 aromatic rings. The van der Waals surface area contributed by atoms with Crippen LogP contribution in [-0.2, 0) is 13.6 Å². The van der Waals surface area contributed by atoms with Gasteiger partial charge < -0.3 is 4.57 Å². The van der Waals surface area contributed by atoms with E-state index in [2.05, 4.69) is 4.98 Å². The molecule has 0 aliphatic carbocycles. The molecule has 0 radical (unpaired) electrons. The van der Waals surface area contributed by atoms with Crippen LogP contribution in [0.4, 0.5) is 5.69 Å². The molecule has 0 unspecified atom stereocenters. The highest BCUT2D eigenvalue weighted by Gasteiger charge is 2.14. The lowest BCUT2D eigenvalue weighted by Gasteiger charge is -2.15. The zero-order valence-corrected chi connectivity index (χ0v) is 11.9. The fraction of sp³-hybridized carbons (Fsp3) is 0.286. The second-order valence-corrected chi connectivity index (χ2v) is 4.86. The number of Topliss-reactive ketones (excluding diaryl/α,β-unsaturated/α-hetero) is 1. The predicted molar refractivity (Wildman–Crippen MR) is 77.0 cm³/mol. The number of rotatable bonds is 6. The third-order valence-electron chi connectivity index (χ3n) is 3.12. The number of aryl methyl sites for hydroxylation is 1. The van der Waals surface area contributed by atoms with Crippen molar-refractivity contribution >= 4 is 11.5 Å². The molecule has 0 amide bonds. The lowest BCUT2D eigenvalue weighted by Crippen LogP contribution is -2.26. The highest BCUT2D eigenvalue weighted by Crippen LogP contribution is 2.14. The maximum Gasteiger partial charge on any atom is 0.270 e. The number of ketones is 1. The van der Waals surface area contributed by atoms with Crippen LogP contribution in [0.1, 0.15) is 16.2 Å². The second-order valence-electron chi connectivity index (χ2n) is 4.86. The average molecular weight is 288 g/mol. The normalized spacial score (nSPS) is 10.8. The third-order valence-corrected chi connectivity index (χ3v) is 3.12. The molecule has 0 aliphatic heterocycles. The zero-order valence-electron chi connectivity index (χ0n) is 11.9. The number of nitro groups is 1. The van der Waals surface area contributed by atoms with Gasteiger partial charge >= 0.3 is 0 Å².